The van der Waals surface area contributed by atoms with Gasteiger partial charge in [-0.1, -0.05) is 6.42 Å². The normalized spacial score (nSPS) is 23.5. The SMILES string of the molecule is Cc1ccc(C(=O)O)c(N2CCC(N3CCCCC3)C2)n1. The Kier molecular flexibility index (Phi) is 4.10. The van der Waals surface area contributed by atoms with E-state index >= 15 is 0 Å². The molecule has 0 aromatic carbocycles. The molecule has 0 spiro atoms. The van der Waals surface area contributed by atoms with Crippen molar-refractivity contribution in [1.82, 2.24) is 9.88 Å². The Bertz CT molecular complexity index is 526. The molecule has 114 valence electrons. The molecule has 21 heavy (non-hydrogen) atoms. The van der Waals surface area contributed by atoms with Gasteiger partial charge in [0.05, 0.1) is 0 Å². The molecule has 0 aliphatic carbocycles. The van der Waals surface area contributed by atoms with Crippen molar-refractivity contribution in [3.8, 4) is 0 Å². The third-order valence-corrected chi connectivity index (χ3v) is 4.61. The summed E-state index contributed by atoms with van der Waals surface area (Å²) in [5.41, 5.74) is 1.19. The zero-order valence-corrected chi connectivity index (χ0v) is 12.6. The average molecular weight is 289 g/mol. The molecule has 1 aromatic rings. The summed E-state index contributed by atoms with van der Waals surface area (Å²) in [7, 11) is 0. The first-order chi connectivity index (χ1) is 10.1. The first-order valence-electron chi connectivity index (χ1n) is 7.85. The van der Waals surface area contributed by atoms with E-state index in [0.29, 0.717) is 17.4 Å². The number of aromatic carboxylic acids is 1. The van der Waals surface area contributed by atoms with Gasteiger partial charge in [-0.3, -0.25) is 4.90 Å². The topological polar surface area (TPSA) is 56.7 Å². The highest BCUT2D eigenvalue weighted by Gasteiger charge is 2.31. The minimum Gasteiger partial charge on any atom is -0.478 e. The van der Waals surface area contributed by atoms with Gasteiger partial charge in [-0.2, -0.15) is 0 Å². The van der Waals surface area contributed by atoms with E-state index in [4.69, 9.17) is 0 Å². The minimum atomic E-state index is -0.890. The van der Waals surface area contributed by atoms with Crippen LogP contribution in [0.5, 0.6) is 0 Å². The van der Waals surface area contributed by atoms with E-state index in [0.717, 1.165) is 25.2 Å². The predicted molar refractivity (Wildman–Crippen MR) is 82.0 cm³/mol. The van der Waals surface area contributed by atoms with Crippen molar-refractivity contribution >= 4 is 11.8 Å². The second-order valence-corrected chi connectivity index (χ2v) is 6.11. The van der Waals surface area contributed by atoms with E-state index < -0.39 is 5.97 Å². The molecule has 2 aliphatic rings. The molecule has 0 saturated carbocycles. The number of pyridine rings is 1. The Morgan fingerprint density at radius 2 is 2.00 bits per heavy atom. The van der Waals surface area contributed by atoms with Crippen LogP contribution >= 0.6 is 0 Å². The average Bonchev–Trinajstić information content (AvgIpc) is 2.97. The van der Waals surface area contributed by atoms with Crippen LogP contribution in [0.4, 0.5) is 5.82 Å². The first-order valence-corrected chi connectivity index (χ1v) is 7.85. The Morgan fingerprint density at radius 3 is 2.71 bits per heavy atom. The molecule has 1 atom stereocenters. The second kappa shape index (κ2) is 6.02. The summed E-state index contributed by atoms with van der Waals surface area (Å²) in [5.74, 6) is -0.249. The lowest BCUT2D eigenvalue weighted by atomic mass is 10.1. The summed E-state index contributed by atoms with van der Waals surface area (Å²) in [4.78, 5) is 20.6. The number of anilines is 1. The predicted octanol–water partition coefficient (Wildman–Crippen LogP) is 2.15. The molecule has 1 aromatic heterocycles. The van der Waals surface area contributed by atoms with Crippen LogP contribution in [0.1, 0.15) is 41.7 Å². The first kappa shape index (κ1) is 14.3. The number of nitrogens with zero attached hydrogens (tertiary/aromatic N) is 3. The van der Waals surface area contributed by atoms with Gasteiger partial charge >= 0.3 is 5.97 Å². The van der Waals surface area contributed by atoms with Gasteiger partial charge in [0.15, 0.2) is 0 Å². The lowest BCUT2D eigenvalue weighted by Crippen LogP contribution is -2.41. The van der Waals surface area contributed by atoms with Crippen molar-refractivity contribution in [3.63, 3.8) is 0 Å². The molecule has 2 aliphatic heterocycles. The highest BCUT2D eigenvalue weighted by atomic mass is 16.4. The van der Waals surface area contributed by atoms with Crippen LogP contribution in [0.25, 0.3) is 0 Å². The van der Waals surface area contributed by atoms with E-state index in [1.54, 1.807) is 12.1 Å². The number of likely N-dealkylation sites (tertiary alicyclic amines) is 1. The Balaban J connectivity index is 1.76. The summed E-state index contributed by atoms with van der Waals surface area (Å²) < 4.78 is 0. The van der Waals surface area contributed by atoms with E-state index in [1.165, 1.54) is 32.4 Å². The van der Waals surface area contributed by atoms with Crippen LogP contribution in [0.15, 0.2) is 12.1 Å². The van der Waals surface area contributed by atoms with Gasteiger partial charge in [0, 0.05) is 24.8 Å². The number of carboxylic acid groups (broad SMARTS) is 1. The van der Waals surface area contributed by atoms with Gasteiger partial charge in [0.1, 0.15) is 11.4 Å². The molecule has 1 N–H and O–H groups in total. The fourth-order valence-electron chi connectivity index (χ4n) is 3.47. The number of aromatic nitrogens is 1. The molecule has 2 saturated heterocycles. The second-order valence-electron chi connectivity index (χ2n) is 6.11. The van der Waals surface area contributed by atoms with Crippen molar-refractivity contribution in [3.05, 3.63) is 23.4 Å². The van der Waals surface area contributed by atoms with Gasteiger partial charge in [-0.05, 0) is 51.4 Å². The molecule has 0 bridgehead atoms. The summed E-state index contributed by atoms with van der Waals surface area (Å²) in [6.07, 6.45) is 5.03. The summed E-state index contributed by atoms with van der Waals surface area (Å²) in [5, 5.41) is 9.35. The maximum atomic E-state index is 11.4. The molecule has 1 unspecified atom stereocenters. The van der Waals surface area contributed by atoms with Crippen LogP contribution in [0.2, 0.25) is 0 Å². The molecule has 5 nitrogen and oxygen atoms in total. The number of carbonyl (C=O) groups is 1. The van der Waals surface area contributed by atoms with Crippen LogP contribution in [-0.4, -0.2) is 53.2 Å². The molecule has 3 heterocycles. The van der Waals surface area contributed by atoms with E-state index in [2.05, 4.69) is 14.8 Å². The highest BCUT2D eigenvalue weighted by Crippen LogP contribution is 2.26. The van der Waals surface area contributed by atoms with E-state index in [9.17, 15) is 9.90 Å². The van der Waals surface area contributed by atoms with Gasteiger partial charge in [0.25, 0.3) is 0 Å². The molecule has 0 radical (unpaired) electrons. The van der Waals surface area contributed by atoms with Gasteiger partial charge in [-0.25, -0.2) is 9.78 Å². The fourth-order valence-corrected chi connectivity index (χ4v) is 3.47. The van der Waals surface area contributed by atoms with E-state index in [1.807, 2.05) is 6.92 Å². The zero-order chi connectivity index (χ0) is 14.8. The van der Waals surface area contributed by atoms with Crippen LogP contribution < -0.4 is 4.90 Å². The number of rotatable bonds is 3. The lowest BCUT2D eigenvalue weighted by Gasteiger charge is -2.32. The minimum absolute atomic E-state index is 0.319. The quantitative estimate of drug-likeness (QED) is 0.924. The van der Waals surface area contributed by atoms with Crippen LogP contribution in [0, 0.1) is 6.92 Å². The number of carboxylic acids is 1. The van der Waals surface area contributed by atoms with E-state index in [-0.39, 0.29) is 0 Å². The maximum Gasteiger partial charge on any atom is 0.339 e. The van der Waals surface area contributed by atoms with Crippen molar-refractivity contribution in [2.75, 3.05) is 31.1 Å². The number of hydrogen-bond donors (Lipinski definition) is 1. The van der Waals surface area contributed by atoms with Crippen molar-refractivity contribution in [1.29, 1.82) is 0 Å². The Morgan fingerprint density at radius 1 is 1.24 bits per heavy atom. The summed E-state index contributed by atoms with van der Waals surface area (Å²) in [6.45, 7) is 6.08. The third kappa shape index (κ3) is 3.02. The van der Waals surface area contributed by atoms with Gasteiger partial charge < -0.3 is 10.0 Å². The summed E-state index contributed by atoms with van der Waals surface area (Å²) >= 11 is 0. The third-order valence-electron chi connectivity index (χ3n) is 4.61. The fraction of sp³-hybridized carbons (Fsp3) is 0.625. The summed E-state index contributed by atoms with van der Waals surface area (Å²) in [6, 6.07) is 3.99. The molecule has 0 amide bonds. The molecule has 3 rings (SSSR count). The van der Waals surface area contributed by atoms with Crippen molar-refractivity contribution in [2.24, 2.45) is 0 Å². The van der Waals surface area contributed by atoms with Crippen molar-refractivity contribution in [2.45, 2.75) is 38.6 Å². The van der Waals surface area contributed by atoms with Gasteiger partial charge in [-0.15, -0.1) is 0 Å². The van der Waals surface area contributed by atoms with Crippen LogP contribution in [0.3, 0.4) is 0 Å². The maximum absolute atomic E-state index is 11.4. The molecule has 5 heteroatoms. The lowest BCUT2D eigenvalue weighted by molar-refractivity contribution is 0.0697. The number of piperidine rings is 1. The monoisotopic (exact) mass is 289 g/mol. The van der Waals surface area contributed by atoms with Crippen LogP contribution in [-0.2, 0) is 0 Å². The Hall–Kier alpha value is -1.62. The standard InChI is InChI=1S/C16H23N3O2/c1-12-5-6-14(16(20)21)15(17-12)19-10-7-13(11-19)18-8-3-2-4-9-18/h5-6,13H,2-4,7-11H2,1H3,(H,20,21). The highest BCUT2D eigenvalue weighted by molar-refractivity contribution is 5.93. The molecule has 2 fully saturated rings. The number of aryl methyl sites for hydroxylation is 1. The van der Waals surface area contributed by atoms with Gasteiger partial charge in [0.2, 0.25) is 0 Å². The zero-order valence-electron chi connectivity index (χ0n) is 12.6. The molecular formula is C16H23N3O2. The molecular weight excluding hydrogens is 266 g/mol. The largest absolute Gasteiger partial charge is 0.478 e. The smallest absolute Gasteiger partial charge is 0.339 e. The Labute approximate surface area is 125 Å². The van der Waals surface area contributed by atoms with Crippen molar-refractivity contribution < 1.29 is 9.90 Å². The number of hydrogen-bond acceptors (Lipinski definition) is 4.